The molecule has 17 heteroatoms. The van der Waals surface area contributed by atoms with Crippen LogP contribution in [0, 0.1) is 5.92 Å². The molecule has 1 unspecified atom stereocenters. The Balaban J connectivity index is 0.778. The first kappa shape index (κ1) is 44.1. The summed E-state index contributed by atoms with van der Waals surface area (Å²) in [5.74, 6) is 1.66. The number of carbonyl (C=O) groups excluding carboxylic acids is 2. The van der Waals surface area contributed by atoms with Crippen LogP contribution in [0.15, 0.2) is 71.6 Å². The number of amides is 2. The largest absolute Gasteiger partial charge is 0.494 e. The van der Waals surface area contributed by atoms with Crippen molar-refractivity contribution in [2.45, 2.75) is 51.0 Å². The molecule has 15 nitrogen and oxygen atoms in total. The Bertz CT molecular complexity index is 2590. The summed E-state index contributed by atoms with van der Waals surface area (Å²) in [5.41, 5.74) is 7.32. The van der Waals surface area contributed by atoms with Gasteiger partial charge in [-0.2, -0.15) is 4.98 Å². The topological polar surface area (TPSA) is 161 Å². The van der Waals surface area contributed by atoms with E-state index in [1.807, 2.05) is 24.3 Å². The molecule has 0 aliphatic carbocycles. The summed E-state index contributed by atoms with van der Waals surface area (Å²) < 4.78 is 20.2. The van der Waals surface area contributed by atoms with E-state index in [1.54, 1.807) is 39.0 Å². The van der Waals surface area contributed by atoms with Crippen LogP contribution in [-0.4, -0.2) is 127 Å². The van der Waals surface area contributed by atoms with E-state index < -0.39 is 7.14 Å². The summed E-state index contributed by atoms with van der Waals surface area (Å²) >= 11 is 3.61. The number of benzene rings is 3. The fourth-order valence-corrected chi connectivity index (χ4v) is 11.6. The number of aromatic nitrogens is 4. The Labute approximate surface area is 383 Å². The molecule has 4 aliphatic heterocycles. The van der Waals surface area contributed by atoms with Gasteiger partial charge in [-0.05, 0) is 96.4 Å². The maximum Gasteiger partial charge on any atom is 0.234 e. The lowest BCUT2D eigenvalue weighted by Gasteiger charge is -2.47. The number of nitrogens with one attached hydrogen (secondary N) is 3. The highest BCUT2D eigenvalue weighted by molar-refractivity contribution is 9.10. The SMILES string of the molecule is CCc1cc(Nc2ncc(Br)c(Nc3ccc4nccnc4c3P(C)(C)=O)n2)c(OC)cc1N1CCC(N2CCN(CC3CN(c4cccc(C5CCC(=O)NC5=O)c4)C3)CC2)CC1. The van der Waals surface area contributed by atoms with Crippen LogP contribution in [0.5, 0.6) is 5.75 Å². The van der Waals surface area contributed by atoms with E-state index in [1.165, 1.54) is 16.9 Å². The minimum Gasteiger partial charge on any atom is -0.494 e. The minimum atomic E-state index is -2.77. The molecular formula is C47H57BrN11O4P. The summed E-state index contributed by atoms with van der Waals surface area (Å²) in [6, 6.07) is 16.9. The van der Waals surface area contributed by atoms with Gasteiger partial charge in [-0.3, -0.25) is 29.8 Å². The number of methoxy groups -OCH3 is 1. The maximum atomic E-state index is 13.5. The number of rotatable bonds is 13. The van der Waals surface area contributed by atoms with Gasteiger partial charge in [-0.1, -0.05) is 19.1 Å². The number of hydrogen-bond acceptors (Lipinski definition) is 14. The molecule has 64 heavy (non-hydrogen) atoms. The second kappa shape index (κ2) is 18.8. The fraction of sp³-hybridized carbons (Fsp3) is 0.447. The third-order valence-corrected chi connectivity index (χ3v) is 15.4. The van der Waals surface area contributed by atoms with Crippen LogP contribution in [0.3, 0.4) is 0 Å². The number of halogens is 1. The molecule has 336 valence electrons. The van der Waals surface area contributed by atoms with Gasteiger partial charge in [0.1, 0.15) is 24.2 Å². The lowest BCUT2D eigenvalue weighted by Crippen LogP contribution is -2.57. The third kappa shape index (κ3) is 9.47. The van der Waals surface area contributed by atoms with E-state index in [4.69, 9.17) is 9.72 Å². The van der Waals surface area contributed by atoms with Crippen LogP contribution < -0.4 is 35.8 Å². The van der Waals surface area contributed by atoms with Crippen LogP contribution in [-0.2, 0) is 20.6 Å². The molecule has 4 saturated heterocycles. The monoisotopic (exact) mass is 949 g/mol. The highest BCUT2D eigenvalue weighted by Gasteiger charge is 2.34. The molecule has 2 amide bonds. The Hall–Kier alpha value is -5.15. The van der Waals surface area contributed by atoms with Crippen LogP contribution >= 0.6 is 23.1 Å². The van der Waals surface area contributed by atoms with Gasteiger partial charge in [-0.25, -0.2) is 4.98 Å². The van der Waals surface area contributed by atoms with Gasteiger partial charge < -0.3 is 34.6 Å². The smallest absolute Gasteiger partial charge is 0.234 e. The molecule has 0 bridgehead atoms. The van der Waals surface area contributed by atoms with E-state index in [0.717, 1.165) is 95.2 Å². The molecule has 4 aliphatic rings. The van der Waals surface area contributed by atoms with Crippen LogP contribution in [0.1, 0.15) is 49.7 Å². The first-order valence-electron chi connectivity index (χ1n) is 22.4. The zero-order chi connectivity index (χ0) is 44.5. The van der Waals surface area contributed by atoms with Crippen molar-refractivity contribution in [1.29, 1.82) is 0 Å². The fourth-order valence-electron chi connectivity index (χ4n) is 9.88. The predicted molar refractivity (Wildman–Crippen MR) is 258 cm³/mol. The van der Waals surface area contributed by atoms with Crippen molar-refractivity contribution in [1.82, 2.24) is 35.1 Å². The molecule has 3 aromatic carbocycles. The lowest BCUT2D eigenvalue weighted by molar-refractivity contribution is -0.134. The second-order valence-corrected chi connectivity index (χ2v) is 21.8. The molecule has 2 aromatic heterocycles. The molecule has 5 aromatic rings. The van der Waals surface area contributed by atoms with Gasteiger partial charge in [0.2, 0.25) is 17.8 Å². The maximum absolute atomic E-state index is 13.5. The summed E-state index contributed by atoms with van der Waals surface area (Å²) in [5, 5.41) is 9.93. The number of ether oxygens (including phenoxy) is 1. The molecule has 0 spiro atoms. The quantitative estimate of drug-likeness (QED) is 0.0842. The predicted octanol–water partition coefficient (Wildman–Crippen LogP) is 6.73. The number of carbonyl (C=O) groups is 2. The second-order valence-electron chi connectivity index (χ2n) is 17.8. The number of piperazine rings is 1. The molecule has 6 heterocycles. The van der Waals surface area contributed by atoms with Gasteiger partial charge in [0, 0.05) is 113 Å². The van der Waals surface area contributed by atoms with Gasteiger partial charge in [0.25, 0.3) is 0 Å². The highest BCUT2D eigenvalue weighted by atomic mass is 79.9. The zero-order valence-corrected chi connectivity index (χ0v) is 39.5. The normalized spacial score (nSPS) is 19.4. The molecule has 1 atom stereocenters. The highest BCUT2D eigenvalue weighted by Crippen LogP contribution is 2.42. The summed E-state index contributed by atoms with van der Waals surface area (Å²) in [4.78, 5) is 52.7. The summed E-state index contributed by atoms with van der Waals surface area (Å²) in [7, 11) is -1.07. The van der Waals surface area contributed by atoms with E-state index in [2.05, 4.69) is 97.6 Å². The molecule has 9 rings (SSSR count). The molecular weight excluding hydrogens is 893 g/mol. The first-order chi connectivity index (χ1) is 30.9. The number of fused-ring (bicyclic) bond motifs is 1. The Morgan fingerprint density at radius 1 is 0.891 bits per heavy atom. The lowest BCUT2D eigenvalue weighted by atomic mass is 9.89. The van der Waals surface area contributed by atoms with E-state index in [9.17, 15) is 14.2 Å². The number of anilines is 6. The number of aryl methyl sites for hydroxylation is 1. The first-order valence-corrected chi connectivity index (χ1v) is 25.8. The van der Waals surface area contributed by atoms with E-state index in [0.29, 0.717) is 63.1 Å². The zero-order valence-electron chi connectivity index (χ0n) is 37.0. The average Bonchev–Trinajstić information content (AvgIpc) is 3.28. The number of nitrogens with zero attached hydrogens (tertiary/aromatic N) is 8. The number of piperidine rings is 2. The standard InChI is InChI=1S/C47H57BrN11O4P/c1-5-31-24-39(53-47-51-26-36(48)45(55-47)52-38-11-10-37-43(50-16-15-49-37)44(38)64(3,4)62)41(63-2)25-40(31)58-17-13-33(14-18-58)57-21-19-56(20-22-57)27-30-28-59(29-30)34-8-6-7-32(23-34)35-9-12-42(60)54-46(35)61/h6-8,10-11,15-16,23-26,30,33,35H,5,9,12-14,17-22,27-29H2,1-4H3,(H,54,60,61)(H2,51,52,53,55). The minimum absolute atomic E-state index is 0.175. The van der Waals surface area contributed by atoms with Crippen molar-refractivity contribution in [3.05, 3.63) is 82.7 Å². The van der Waals surface area contributed by atoms with Gasteiger partial charge in [-0.15, -0.1) is 0 Å². The van der Waals surface area contributed by atoms with Crippen molar-refractivity contribution in [3.8, 4) is 5.75 Å². The van der Waals surface area contributed by atoms with Crippen molar-refractivity contribution in [3.63, 3.8) is 0 Å². The number of imide groups is 1. The molecule has 0 radical (unpaired) electrons. The summed E-state index contributed by atoms with van der Waals surface area (Å²) in [6.45, 7) is 15.2. The van der Waals surface area contributed by atoms with Crippen molar-refractivity contribution < 1.29 is 18.9 Å². The van der Waals surface area contributed by atoms with Crippen LogP contribution in [0.4, 0.5) is 34.5 Å². The van der Waals surface area contributed by atoms with Crippen molar-refractivity contribution in [2.75, 3.05) is 99.8 Å². The van der Waals surface area contributed by atoms with Crippen LogP contribution in [0.25, 0.3) is 11.0 Å². The molecule has 0 saturated carbocycles. The van der Waals surface area contributed by atoms with Gasteiger partial charge >= 0.3 is 0 Å². The van der Waals surface area contributed by atoms with Crippen molar-refractivity contribution in [2.24, 2.45) is 5.92 Å². The molecule has 3 N–H and O–H groups in total. The number of hydrogen-bond donors (Lipinski definition) is 3. The Morgan fingerprint density at radius 2 is 1.67 bits per heavy atom. The third-order valence-electron chi connectivity index (χ3n) is 13.3. The Morgan fingerprint density at radius 3 is 2.41 bits per heavy atom. The van der Waals surface area contributed by atoms with Crippen molar-refractivity contribution >= 4 is 85.7 Å². The molecule has 4 fully saturated rings. The van der Waals surface area contributed by atoms with Crippen LogP contribution in [0.2, 0.25) is 0 Å². The van der Waals surface area contributed by atoms with Gasteiger partial charge in [0.05, 0.1) is 39.7 Å². The Kier molecular flexibility index (Phi) is 12.9. The summed E-state index contributed by atoms with van der Waals surface area (Å²) in [6.07, 6.45) is 9.03. The average molecular weight is 951 g/mol. The van der Waals surface area contributed by atoms with E-state index >= 15 is 0 Å². The van der Waals surface area contributed by atoms with Gasteiger partial charge in [0.15, 0.2) is 0 Å². The van der Waals surface area contributed by atoms with E-state index in [-0.39, 0.29) is 17.7 Å².